The van der Waals surface area contributed by atoms with Gasteiger partial charge in [0.05, 0.1) is 10.2 Å². The number of fused-ring (bicyclic) bond motifs is 1. The molecule has 64 valence electrons. The molecule has 1 N–H and O–H groups in total. The highest BCUT2D eigenvalue weighted by Crippen LogP contribution is 2.29. The summed E-state index contributed by atoms with van der Waals surface area (Å²) >= 11 is 3.16. The van der Waals surface area contributed by atoms with Crippen LogP contribution < -0.4 is 5.32 Å². The lowest BCUT2D eigenvalue weighted by Gasteiger charge is -2.18. The maximum atomic E-state index is 13.4. The Bertz CT molecular complexity index is 312. The fourth-order valence-corrected chi connectivity index (χ4v) is 1.81. The second-order valence-corrected chi connectivity index (χ2v) is 3.78. The first-order valence-electron chi connectivity index (χ1n) is 4.00. The van der Waals surface area contributed by atoms with E-state index in [9.17, 15) is 4.39 Å². The van der Waals surface area contributed by atoms with E-state index < -0.39 is 0 Å². The van der Waals surface area contributed by atoms with E-state index in [4.69, 9.17) is 0 Å². The average molecular weight is 230 g/mol. The molecule has 0 aromatic heterocycles. The summed E-state index contributed by atoms with van der Waals surface area (Å²) in [6.07, 6.45) is 2.07. The number of hydrogen-bond donors (Lipinski definition) is 1. The first kappa shape index (κ1) is 8.05. The molecule has 0 atom stereocenters. The van der Waals surface area contributed by atoms with Crippen LogP contribution in [0.15, 0.2) is 16.6 Å². The number of benzene rings is 1. The van der Waals surface area contributed by atoms with Crippen molar-refractivity contribution in [3.8, 4) is 0 Å². The molecule has 0 saturated carbocycles. The fourth-order valence-electron chi connectivity index (χ4n) is 1.48. The van der Waals surface area contributed by atoms with Crippen LogP contribution in [-0.4, -0.2) is 6.54 Å². The fraction of sp³-hybridized carbons (Fsp3) is 0.333. The molecule has 2 rings (SSSR count). The second kappa shape index (κ2) is 3.05. The summed E-state index contributed by atoms with van der Waals surface area (Å²) in [4.78, 5) is 0. The highest BCUT2D eigenvalue weighted by Gasteiger charge is 2.14. The van der Waals surface area contributed by atoms with Crippen LogP contribution in [0.5, 0.6) is 0 Å². The van der Waals surface area contributed by atoms with E-state index in [0.717, 1.165) is 24.9 Å². The highest BCUT2D eigenvalue weighted by atomic mass is 79.9. The van der Waals surface area contributed by atoms with Gasteiger partial charge in [-0.05, 0) is 40.4 Å². The summed E-state index contributed by atoms with van der Waals surface area (Å²) < 4.78 is 13.9. The van der Waals surface area contributed by atoms with Crippen molar-refractivity contribution in [3.05, 3.63) is 28.0 Å². The van der Waals surface area contributed by atoms with Gasteiger partial charge >= 0.3 is 0 Å². The third-order valence-corrected chi connectivity index (χ3v) is 2.72. The van der Waals surface area contributed by atoms with E-state index >= 15 is 0 Å². The molecule has 1 nitrogen and oxygen atoms in total. The summed E-state index contributed by atoms with van der Waals surface area (Å²) in [7, 11) is 0. The zero-order valence-electron chi connectivity index (χ0n) is 6.53. The van der Waals surface area contributed by atoms with Gasteiger partial charge in [-0.15, -0.1) is 0 Å². The van der Waals surface area contributed by atoms with Gasteiger partial charge in [0.1, 0.15) is 0 Å². The Morgan fingerprint density at radius 2 is 2.25 bits per heavy atom. The molecule has 12 heavy (non-hydrogen) atoms. The van der Waals surface area contributed by atoms with E-state index in [0.29, 0.717) is 10.2 Å². The molecule has 1 aromatic rings. The van der Waals surface area contributed by atoms with Crippen LogP contribution >= 0.6 is 15.9 Å². The lowest BCUT2D eigenvalue weighted by molar-refractivity contribution is 0.616. The molecule has 1 aromatic carbocycles. The van der Waals surface area contributed by atoms with Crippen LogP contribution in [0.1, 0.15) is 12.0 Å². The second-order valence-electron chi connectivity index (χ2n) is 2.93. The third-order valence-electron chi connectivity index (χ3n) is 2.11. The van der Waals surface area contributed by atoms with Crippen LogP contribution in [-0.2, 0) is 6.42 Å². The molecule has 0 bridgehead atoms. The molecule has 0 amide bonds. The van der Waals surface area contributed by atoms with Crippen molar-refractivity contribution in [3.63, 3.8) is 0 Å². The molecule has 0 aliphatic carbocycles. The molecule has 1 aliphatic rings. The summed E-state index contributed by atoms with van der Waals surface area (Å²) in [5.41, 5.74) is 1.76. The monoisotopic (exact) mass is 229 g/mol. The lowest BCUT2D eigenvalue weighted by atomic mass is 10.0. The van der Waals surface area contributed by atoms with E-state index in [1.807, 2.05) is 6.07 Å². The van der Waals surface area contributed by atoms with Crippen molar-refractivity contribution in [1.29, 1.82) is 0 Å². The summed E-state index contributed by atoms with van der Waals surface area (Å²) in [6, 6.07) is 3.73. The normalized spacial score (nSPS) is 15.2. The number of halogens is 2. The highest BCUT2D eigenvalue weighted by molar-refractivity contribution is 9.10. The van der Waals surface area contributed by atoms with Gasteiger partial charge in [0.25, 0.3) is 0 Å². The minimum absolute atomic E-state index is 0.160. The van der Waals surface area contributed by atoms with E-state index in [2.05, 4.69) is 21.2 Å². The van der Waals surface area contributed by atoms with Crippen LogP contribution in [0.25, 0.3) is 0 Å². The zero-order valence-corrected chi connectivity index (χ0v) is 8.12. The first-order chi connectivity index (χ1) is 5.79. The molecule has 0 radical (unpaired) electrons. The molecule has 0 saturated heterocycles. The van der Waals surface area contributed by atoms with Crippen LogP contribution in [0.4, 0.5) is 10.1 Å². The topological polar surface area (TPSA) is 12.0 Å². The predicted octanol–water partition coefficient (Wildman–Crippen LogP) is 2.95. The maximum Gasteiger partial charge on any atom is 0.160 e. The van der Waals surface area contributed by atoms with E-state index in [1.165, 1.54) is 0 Å². The SMILES string of the molecule is Fc1c(Br)ccc2c1NCCC2. The molecular weight excluding hydrogens is 221 g/mol. The molecule has 1 heterocycles. The van der Waals surface area contributed by atoms with Gasteiger partial charge < -0.3 is 5.32 Å². The number of nitrogens with one attached hydrogen (secondary N) is 1. The molecule has 0 unspecified atom stereocenters. The molecule has 1 aliphatic heterocycles. The quantitative estimate of drug-likeness (QED) is 0.722. The van der Waals surface area contributed by atoms with Gasteiger partial charge in [0.2, 0.25) is 0 Å². The van der Waals surface area contributed by atoms with Crippen LogP contribution in [0.2, 0.25) is 0 Å². The molecule has 3 heteroatoms. The summed E-state index contributed by atoms with van der Waals surface area (Å²) in [6.45, 7) is 0.875. The van der Waals surface area contributed by atoms with Crippen molar-refractivity contribution < 1.29 is 4.39 Å². The van der Waals surface area contributed by atoms with Gasteiger partial charge in [0.15, 0.2) is 5.82 Å². The van der Waals surface area contributed by atoms with Gasteiger partial charge in [-0.25, -0.2) is 4.39 Å². The molecule has 0 fully saturated rings. The Morgan fingerprint density at radius 3 is 3.08 bits per heavy atom. The average Bonchev–Trinajstić information content (AvgIpc) is 2.12. The van der Waals surface area contributed by atoms with Crippen LogP contribution in [0, 0.1) is 5.82 Å². The van der Waals surface area contributed by atoms with Crippen molar-refractivity contribution in [2.24, 2.45) is 0 Å². The largest absolute Gasteiger partial charge is 0.382 e. The van der Waals surface area contributed by atoms with E-state index in [-0.39, 0.29) is 5.82 Å². The Hall–Kier alpha value is -0.570. The number of aryl methyl sites for hydroxylation is 1. The van der Waals surface area contributed by atoms with Crippen molar-refractivity contribution in [2.45, 2.75) is 12.8 Å². The lowest BCUT2D eigenvalue weighted by Crippen LogP contribution is -2.13. The molecular formula is C9H9BrFN. The van der Waals surface area contributed by atoms with Crippen molar-refractivity contribution in [2.75, 3.05) is 11.9 Å². The zero-order chi connectivity index (χ0) is 8.55. The first-order valence-corrected chi connectivity index (χ1v) is 4.79. The summed E-state index contributed by atoms with van der Waals surface area (Å²) in [5.74, 6) is -0.160. The molecule has 0 spiro atoms. The van der Waals surface area contributed by atoms with E-state index in [1.54, 1.807) is 6.07 Å². The standard InChI is InChI=1S/C9H9BrFN/c10-7-4-3-6-2-1-5-12-9(6)8(7)11/h3-4,12H,1-2,5H2. The Morgan fingerprint density at radius 1 is 1.42 bits per heavy atom. The van der Waals surface area contributed by atoms with Gasteiger partial charge in [-0.1, -0.05) is 6.07 Å². The van der Waals surface area contributed by atoms with Crippen molar-refractivity contribution >= 4 is 21.6 Å². The number of hydrogen-bond acceptors (Lipinski definition) is 1. The minimum Gasteiger partial charge on any atom is -0.382 e. The van der Waals surface area contributed by atoms with Crippen LogP contribution in [0.3, 0.4) is 0 Å². The Balaban J connectivity index is 2.54. The Kier molecular flexibility index (Phi) is 2.05. The number of rotatable bonds is 0. The van der Waals surface area contributed by atoms with Gasteiger partial charge in [-0.2, -0.15) is 0 Å². The van der Waals surface area contributed by atoms with Crippen molar-refractivity contribution in [1.82, 2.24) is 0 Å². The maximum absolute atomic E-state index is 13.4. The minimum atomic E-state index is -0.160. The smallest absolute Gasteiger partial charge is 0.160 e. The van der Waals surface area contributed by atoms with Gasteiger partial charge in [0, 0.05) is 6.54 Å². The predicted molar refractivity (Wildman–Crippen MR) is 50.9 cm³/mol. The Labute approximate surface area is 79.1 Å². The number of anilines is 1. The summed E-state index contributed by atoms with van der Waals surface area (Å²) in [5, 5.41) is 3.07. The van der Waals surface area contributed by atoms with Gasteiger partial charge in [-0.3, -0.25) is 0 Å². The third kappa shape index (κ3) is 1.22.